The number of benzene rings is 1. The molecular formula is C24H29N3O2S. The molecule has 0 N–H and O–H groups in total. The monoisotopic (exact) mass is 423 g/mol. The maximum absolute atomic E-state index is 13.4. The number of aryl methyl sites for hydroxylation is 1. The fourth-order valence-electron chi connectivity index (χ4n) is 3.31. The molecule has 0 spiro atoms. The van der Waals surface area contributed by atoms with Crippen molar-refractivity contribution in [3.05, 3.63) is 82.3 Å². The molecule has 0 fully saturated rings. The van der Waals surface area contributed by atoms with Crippen LogP contribution >= 0.6 is 11.3 Å². The zero-order valence-corrected chi connectivity index (χ0v) is 18.5. The lowest BCUT2D eigenvalue weighted by atomic mass is 10.2. The number of nitrogens with zero attached hydrogens (tertiary/aromatic N) is 3. The summed E-state index contributed by atoms with van der Waals surface area (Å²) in [4.78, 5) is 30.5. The quantitative estimate of drug-likeness (QED) is 0.480. The molecule has 0 aliphatic rings. The van der Waals surface area contributed by atoms with Gasteiger partial charge >= 0.3 is 0 Å². The number of hydrogen-bond acceptors (Lipinski definition) is 3. The predicted molar refractivity (Wildman–Crippen MR) is 121 cm³/mol. The molecular weight excluding hydrogens is 394 g/mol. The van der Waals surface area contributed by atoms with Crippen LogP contribution in [0.15, 0.2) is 66.2 Å². The lowest BCUT2D eigenvalue weighted by molar-refractivity contribution is -0.133. The number of amides is 2. The Labute approximate surface area is 182 Å². The highest BCUT2D eigenvalue weighted by Gasteiger charge is 2.23. The predicted octanol–water partition coefficient (Wildman–Crippen LogP) is 4.56. The number of hydrogen-bond donors (Lipinski definition) is 0. The van der Waals surface area contributed by atoms with Crippen molar-refractivity contribution in [2.75, 3.05) is 13.1 Å². The summed E-state index contributed by atoms with van der Waals surface area (Å²) < 4.78 is 2.02. The molecule has 0 aliphatic heterocycles. The van der Waals surface area contributed by atoms with Crippen LogP contribution in [-0.2, 0) is 24.9 Å². The van der Waals surface area contributed by atoms with Crippen LogP contribution in [0.1, 0.15) is 40.7 Å². The molecule has 0 radical (unpaired) electrons. The number of aromatic nitrogens is 1. The Balaban J connectivity index is 1.78. The number of unbranched alkanes of at least 4 members (excludes halogenated alkanes) is 1. The van der Waals surface area contributed by atoms with Gasteiger partial charge in [-0.15, -0.1) is 11.3 Å². The molecule has 0 aliphatic carbocycles. The van der Waals surface area contributed by atoms with Crippen molar-refractivity contribution in [3.63, 3.8) is 0 Å². The highest BCUT2D eigenvalue weighted by Crippen LogP contribution is 2.15. The van der Waals surface area contributed by atoms with Crippen LogP contribution in [0, 0.1) is 0 Å². The zero-order valence-electron chi connectivity index (χ0n) is 17.7. The molecule has 0 saturated carbocycles. The van der Waals surface area contributed by atoms with E-state index in [1.807, 2.05) is 82.7 Å². The van der Waals surface area contributed by atoms with Crippen LogP contribution in [-0.4, -0.2) is 39.3 Å². The number of rotatable bonds is 10. The topological polar surface area (TPSA) is 45.6 Å². The third kappa shape index (κ3) is 5.83. The van der Waals surface area contributed by atoms with E-state index in [-0.39, 0.29) is 18.4 Å². The summed E-state index contributed by atoms with van der Waals surface area (Å²) in [6.07, 6.45) is 3.83. The fraction of sp³-hybridized carbons (Fsp3) is 0.333. The van der Waals surface area contributed by atoms with Crippen molar-refractivity contribution in [2.24, 2.45) is 7.05 Å². The maximum atomic E-state index is 13.4. The Hall–Kier alpha value is -2.86. The second-order valence-corrected chi connectivity index (χ2v) is 8.35. The lowest BCUT2D eigenvalue weighted by Crippen LogP contribution is -2.43. The number of carbonyl (C=O) groups is 2. The molecule has 6 heteroatoms. The SMILES string of the molecule is CCCCN(CC(=O)N(Cc1ccccc1)Cc1cccn1C)C(=O)c1cccs1. The molecule has 30 heavy (non-hydrogen) atoms. The summed E-state index contributed by atoms with van der Waals surface area (Å²) in [5, 5.41) is 1.89. The fourth-order valence-corrected chi connectivity index (χ4v) is 4.00. The number of thiophene rings is 1. The van der Waals surface area contributed by atoms with Gasteiger partial charge in [0.25, 0.3) is 5.91 Å². The molecule has 158 valence electrons. The second kappa shape index (κ2) is 10.8. The maximum Gasteiger partial charge on any atom is 0.264 e. The van der Waals surface area contributed by atoms with Gasteiger partial charge in [-0.05, 0) is 35.6 Å². The Morgan fingerprint density at radius 2 is 1.77 bits per heavy atom. The summed E-state index contributed by atoms with van der Waals surface area (Å²) in [6, 6.07) is 17.7. The molecule has 0 atom stereocenters. The van der Waals surface area contributed by atoms with Crippen molar-refractivity contribution in [1.82, 2.24) is 14.4 Å². The first kappa shape index (κ1) is 21.8. The molecule has 0 unspecified atom stereocenters. The van der Waals surface area contributed by atoms with Crippen LogP contribution in [0.25, 0.3) is 0 Å². The van der Waals surface area contributed by atoms with Crippen molar-refractivity contribution >= 4 is 23.2 Å². The van der Waals surface area contributed by atoms with E-state index in [4.69, 9.17) is 0 Å². The molecule has 2 amide bonds. The highest BCUT2D eigenvalue weighted by atomic mass is 32.1. The molecule has 3 rings (SSSR count). The van der Waals surface area contributed by atoms with Gasteiger partial charge < -0.3 is 14.4 Å². The minimum Gasteiger partial charge on any atom is -0.353 e. The van der Waals surface area contributed by atoms with Crippen LogP contribution in [0.2, 0.25) is 0 Å². The van der Waals surface area contributed by atoms with E-state index in [9.17, 15) is 9.59 Å². The first-order valence-corrected chi connectivity index (χ1v) is 11.2. The van der Waals surface area contributed by atoms with Gasteiger partial charge in [0, 0.05) is 32.0 Å². The van der Waals surface area contributed by atoms with Gasteiger partial charge in [0.05, 0.1) is 11.4 Å². The lowest BCUT2D eigenvalue weighted by Gasteiger charge is -2.28. The van der Waals surface area contributed by atoms with E-state index in [0.717, 1.165) is 24.1 Å². The molecule has 2 aromatic heterocycles. The first-order valence-electron chi connectivity index (χ1n) is 10.3. The Bertz CT molecular complexity index is 935. The van der Waals surface area contributed by atoms with Crippen LogP contribution in [0.3, 0.4) is 0 Å². The van der Waals surface area contributed by atoms with E-state index < -0.39 is 0 Å². The van der Waals surface area contributed by atoms with E-state index in [0.29, 0.717) is 24.5 Å². The highest BCUT2D eigenvalue weighted by molar-refractivity contribution is 7.12. The normalized spacial score (nSPS) is 10.7. The third-order valence-electron chi connectivity index (χ3n) is 5.10. The van der Waals surface area contributed by atoms with Gasteiger partial charge in [-0.3, -0.25) is 9.59 Å². The van der Waals surface area contributed by atoms with E-state index in [2.05, 4.69) is 6.92 Å². The summed E-state index contributed by atoms with van der Waals surface area (Å²) in [6.45, 7) is 3.79. The minimum atomic E-state index is -0.0645. The average molecular weight is 424 g/mol. The third-order valence-corrected chi connectivity index (χ3v) is 5.96. The summed E-state index contributed by atoms with van der Waals surface area (Å²) in [7, 11) is 1.98. The van der Waals surface area contributed by atoms with E-state index >= 15 is 0 Å². The smallest absolute Gasteiger partial charge is 0.264 e. The standard InChI is InChI=1S/C24H29N3O2S/c1-3-4-15-26(24(29)22-13-9-16-30-22)19-23(28)27(17-20-10-6-5-7-11-20)18-21-12-8-14-25(21)2/h5-14,16H,3-4,15,17-19H2,1-2H3. The zero-order chi connectivity index (χ0) is 21.3. The molecule has 3 aromatic rings. The van der Waals surface area contributed by atoms with Crippen LogP contribution < -0.4 is 0 Å². The number of carbonyl (C=O) groups excluding carboxylic acids is 2. The van der Waals surface area contributed by atoms with Gasteiger partial charge in [0.1, 0.15) is 6.54 Å². The Morgan fingerprint density at radius 1 is 0.967 bits per heavy atom. The Kier molecular flexibility index (Phi) is 7.85. The van der Waals surface area contributed by atoms with Gasteiger partial charge in [-0.1, -0.05) is 49.7 Å². The van der Waals surface area contributed by atoms with Gasteiger partial charge in [0.2, 0.25) is 5.91 Å². The minimum absolute atomic E-state index is 0.0407. The summed E-state index contributed by atoms with van der Waals surface area (Å²) in [5.74, 6) is -0.105. The average Bonchev–Trinajstić information content (AvgIpc) is 3.43. The second-order valence-electron chi connectivity index (χ2n) is 7.40. The van der Waals surface area contributed by atoms with Crippen LogP contribution in [0.5, 0.6) is 0 Å². The van der Waals surface area contributed by atoms with Crippen molar-refractivity contribution in [1.29, 1.82) is 0 Å². The Morgan fingerprint density at radius 3 is 2.40 bits per heavy atom. The largest absolute Gasteiger partial charge is 0.353 e. The molecule has 5 nitrogen and oxygen atoms in total. The van der Waals surface area contributed by atoms with Gasteiger partial charge in [-0.25, -0.2) is 0 Å². The summed E-state index contributed by atoms with van der Waals surface area (Å²) in [5.41, 5.74) is 2.13. The molecule has 2 heterocycles. The van der Waals surface area contributed by atoms with Crippen molar-refractivity contribution in [2.45, 2.75) is 32.9 Å². The van der Waals surface area contributed by atoms with Crippen molar-refractivity contribution in [3.8, 4) is 0 Å². The van der Waals surface area contributed by atoms with Gasteiger partial charge in [0.15, 0.2) is 0 Å². The first-order chi connectivity index (χ1) is 14.6. The van der Waals surface area contributed by atoms with Gasteiger partial charge in [-0.2, -0.15) is 0 Å². The van der Waals surface area contributed by atoms with Crippen molar-refractivity contribution < 1.29 is 9.59 Å². The van der Waals surface area contributed by atoms with E-state index in [1.165, 1.54) is 11.3 Å². The van der Waals surface area contributed by atoms with Crippen LogP contribution in [0.4, 0.5) is 0 Å². The molecule has 1 aromatic carbocycles. The molecule has 0 saturated heterocycles. The van der Waals surface area contributed by atoms with E-state index in [1.54, 1.807) is 4.90 Å². The summed E-state index contributed by atoms with van der Waals surface area (Å²) >= 11 is 1.42. The molecule has 0 bridgehead atoms.